The molecule has 0 spiro atoms. The number of carbonyl (C=O) groups excluding carboxylic acids is 2. The van der Waals surface area contributed by atoms with Crippen LogP contribution < -0.4 is 4.90 Å². The van der Waals surface area contributed by atoms with Gasteiger partial charge in [0.1, 0.15) is 6.04 Å². The smallest absolute Gasteiger partial charge is 0.330 e. The van der Waals surface area contributed by atoms with Crippen molar-refractivity contribution in [2.45, 2.75) is 32.2 Å². The summed E-state index contributed by atoms with van der Waals surface area (Å²) in [4.78, 5) is 47.4. The topological polar surface area (TPSA) is 98.2 Å². The molecule has 1 fully saturated rings. The molecule has 2 aromatic rings. The molecule has 1 saturated heterocycles. The zero-order chi connectivity index (χ0) is 21.7. The van der Waals surface area contributed by atoms with Crippen LogP contribution in [0.1, 0.15) is 26.2 Å². The minimum Gasteiger partial charge on any atom is -0.330 e. The molecule has 9 heteroatoms. The van der Waals surface area contributed by atoms with E-state index < -0.39 is 19.1 Å². The monoisotopic (exact) mass is 450 g/mol. The van der Waals surface area contributed by atoms with Crippen molar-refractivity contribution in [3.63, 3.8) is 0 Å². The number of hydrogen-bond donors (Lipinski definition) is 2. The summed E-state index contributed by atoms with van der Waals surface area (Å²) in [5.74, 6) is -0.404. The summed E-state index contributed by atoms with van der Waals surface area (Å²) in [6.07, 6.45) is 2.28. The fourth-order valence-corrected chi connectivity index (χ4v) is 5.47. The zero-order valence-electron chi connectivity index (χ0n) is 16.9. The summed E-state index contributed by atoms with van der Waals surface area (Å²) < 4.78 is 11.0. The normalized spacial score (nSPS) is 17.2. The standard InChI is InChI=1S/C21H27N2O5PS/c1-2-22(18-11-10-16-7-3-4-8-17(16)13-18)21(25)19-9-5-6-12-23(19)20(24)14-30-15-29(26,27)28/h3-4,7-8,10-11,13,19H,2,5-6,9,12,14-15H2,1H3,(H2,26,27,28). The number of anilines is 1. The quantitative estimate of drug-likeness (QED) is 0.627. The number of likely N-dealkylation sites (N-methyl/N-ethyl adjacent to an activating group) is 1. The average Bonchev–Trinajstić information content (AvgIpc) is 2.73. The van der Waals surface area contributed by atoms with Crippen molar-refractivity contribution >= 4 is 47.6 Å². The van der Waals surface area contributed by atoms with Gasteiger partial charge in [-0.05, 0) is 49.1 Å². The van der Waals surface area contributed by atoms with Crippen molar-refractivity contribution in [2.75, 3.05) is 29.2 Å². The number of piperidine rings is 1. The molecule has 30 heavy (non-hydrogen) atoms. The molecular formula is C21H27N2O5PS. The van der Waals surface area contributed by atoms with Crippen LogP contribution in [-0.2, 0) is 14.2 Å². The summed E-state index contributed by atoms with van der Waals surface area (Å²) in [6.45, 7) is 2.89. The van der Waals surface area contributed by atoms with Crippen molar-refractivity contribution in [3.8, 4) is 0 Å². The largest absolute Gasteiger partial charge is 0.335 e. The summed E-state index contributed by atoms with van der Waals surface area (Å²) in [5, 5.41) is 2.15. The number of carbonyl (C=O) groups is 2. The SMILES string of the molecule is CCN(C(=O)C1CCCCN1C(=O)CSCP(=O)(O)O)c1ccc2ccccc2c1. The number of likely N-dealkylation sites (tertiary alicyclic amines) is 1. The number of hydrogen-bond acceptors (Lipinski definition) is 4. The molecular weight excluding hydrogens is 423 g/mol. The molecule has 2 N–H and O–H groups in total. The maximum absolute atomic E-state index is 13.4. The van der Waals surface area contributed by atoms with Gasteiger partial charge in [0.25, 0.3) is 0 Å². The predicted octanol–water partition coefficient (Wildman–Crippen LogP) is 3.44. The second kappa shape index (κ2) is 9.96. The lowest BCUT2D eigenvalue weighted by molar-refractivity contribution is -0.139. The molecule has 1 aliphatic rings. The van der Waals surface area contributed by atoms with E-state index in [1.54, 1.807) is 9.80 Å². The highest BCUT2D eigenvalue weighted by Crippen LogP contribution is 2.38. The second-order valence-electron chi connectivity index (χ2n) is 7.35. The summed E-state index contributed by atoms with van der Waals surface area (Å²) in [6, 6.07) is 13.3. The highest BCUT2D eigenvalue weighted by molar-refractivity contribution is 8.04. The first kappa shape index (κ1) is 22.8. The van der Waals surface area contributed by atoms with Crippen molar-refractivity contribution < 1.29 is 23.9 Å². The molecule has 2 aromatic carbocycles. The fraction of sp³-hybridized carbons (Fsp3) is 0.429. The van der Waals surface area contributed by atoms with E-state index in [1.807, 2.05) is 49.4 Å². The van der Waals surface area contributed by atoms with Gasteiger partial charge < -0.3 is 19.6 Å². The van der Waals surface area contributed by atoms with Gasteiger partial charge in [0.05, 0.1) is 11.2 Å². The van der Waals surface area contributed by atoms with E-state index in [0.717, 1.165) is 41.1 Å². The first-order valence-electron chi connectivity index (χ1n) is 10.0. The number of nitrogens with zero attached hydrogens (tertiary/aromatic N) is 2. The molecule has 1 heterocycles. The van der Waals surface area contributed by atoms with Gasteiger partial charge >= 0.3 is 7.60 Å². The van der Waals surface area contributed by atoms with E-state index in [0.29, 0.717) is 19.5 Å². The van der Waals surface area contributed by atoms with Gasteiger partial charge in [-0.1, -0.05) is 30.3 Å². The number of thioether (sulfide) groups is 1. The third-order valence-electron chi connectivity index (χ3n) is 5.22. The van der Waals surface area contributed by atoms with Gasteiger partial charge in [0.2, 0.25) is 11.8 Å². The van der Waals surface area contributed by atoms with Crippen molar-refractivity contribution in [1.29, 1.82) is 0 Å². The van der Waals surface area contributed by atoms with Gasteiger partial charge in [-0.3, -0.25) is 14.2 Å². The average molecular weight is 450 g/mol. The Morgan fingerprint density at radius 2 is 1.90 bits per heavy atom. The predicted molar refractivity (Wildman–Crippen MR) is 121 cm³/mol. The molecule has 162 valence electrons. The van der Waals surface area contributed by atoms with Gasteiger partial charge in [-0.2, -0.15) is 0 Å². The van der Waals surface area contributed by atoms with Crippen LogP contribution >= 0.6 is 19.4 Å². The van der Waals surface area contributed by atoms with E-state index in [-0.39, 0.29) is 17.6 Å². The molecule has 0 saturated carbocycles. The highest BCUT2D eigenvalue weighted by atomic mass is 32.2. The van der Waals surface area contributed by atoms with Crippen LogP contribution in [0.5, 0.6) is 0 Å². The molecule has 1 atom stereocenters. The maximum Gasteiger partial charge on any atom is 0.335 e. The third kappa shape index (κ3) is 5.64. The number of benzene rings is 2. The molecule has 3 rings (SSSR count). The van der Waals surface area contributed by atoms with Gasteiger partial charge in [0.15, 0.2) is 0 Å². The number of amides is 2. The molecule has 0 radical (unpaired) electrons. The summed E-state index contributed by atoms with van der Waals surface area (Å²) in [7, 11) is -4.16. The van der Waals surface area contributed by atoms with Gasteiger partial charge in [-0.25, -0.2) is 0 Å². The Bertz CT molecular complexity index is 963. The van der Waals surface area contributed by atoms with E-state index in [2.05, 4.69) is 0 Å². The minimum atomic E-state index is -4.16. The van der Waals surface area contributed by atoms with E-state index in [1.165, 1.54) is 0 Å². The molecule has 0 bridgehead atoms. The maximum atomic E-state index is 13.4. The van der Waals surface area contributed by atoms with Crippen molar-refractivity contribution in [2.24, 2.45) is 0 Å². The number of fused-ring (bicyclic) bond motifs is 1. The van der Waals surface area contributed by atoms with Crippen LogP contribution in [0.4, 0.5) is 5.69 Å². The Morgan fingerprint density at radius 3 is 2.60 bits per heavy atom. The van der Waals surface area contributed by atoms with Crippen LogP contribution in [0.25, 0.3) is 10.8 Å². The van der Waals surface area contributed by atoms with E-state index in [4.69, 9.17) is 9.79 Å². The molecule has 7 nitrogen and oxygen atoms in total. The molecule has 0 aliphatic carbocycles. The lowest BCUT2D eigenvalue weighted by atomic mass is 10.00. The summed E-state index contributed by atoms with van der Waals surface area (Å²) >= 11 is 0.908. The van der Waals surface area contributed by atoms with Crippen LogP contribution in [0, 0.1) is 0 Å². The lowest BCUT2D eigenvalue weighted by Gasteiger charge is -2.37. The zero-order valence-corrected chi connectivity index (χ0v) is 18.6. The Labute approximate surface area is 180 Å². The molecule has 1 unspecified atom stereocenters. The molecule has 0 aromatic heterocycles. The first-order valence-corrected chi connectivity index (χ1v) is 13.0. The Morgan fingerprint density at radius 1 is 1.17 bits per heavy atom. The van der Waals surface area contributed by atoms with E-state index in [9.17, 15) is 14.2 Å². The Balaban J connectivity index is 1.76. The van der Waals surface area contributed by atoms with Gasteiger partial charge in [-0.15, -0.1) is 11.8 Å². The Hall–Kier alpha value is -1.86. The third-order valence-corrected chi connectivity index (χ3v) is 7.75. The highest BCUT2D eigenvalue weighted by Gasteiger charge is 2.35. The van der Waals surface area contributed by atoms with E-state index >= 15 is 0 Å². The Kier molecular flexibility index (Phi) is 7.58. The van der Waals surface area contributed by atoms with Crippen LogP contribution in [-0.4, -0.2) is 56.9 Å². The second-order valence-corrected chi connectivity index (χ2v) is 10.4. The lowest BCUT2D eigenvalue weighted by Crippen LogP contribution is -2.53. The molecule has 2 amide bonds. The van der Waals surface area contributed by atoms with Crippen LogP contribution in [0.2, 0.25) is 0 Å². The molecule has 1 aliphatic heterocycles. The van der Waals surface area contributed by atoms with Crippen LogP contribution in [0.15, 0.2) is 42.5 Å². The van der Waals surface area contributed by atoms with Crippen molar-refractivity contribution in [1.82, 2.24) is 4.90 Å². The summed E-state index contributed by atoms with van der Waals surface area (Å²) in [5.41, 5.74) is 0.402. The van der Waals surface area contributed by atoms with Crippen LogP contribution in [0.3, 0.4) is 0 Å². The first-order chi connectivity index (χ1) is 14.3. The number of rotatable bonds is 7. The van der Waals surface area contributed by atoms with Gasteiger partial charge in [0, 0.05) is 18.8 Å². The van der Waals surface area contributed by atoms with Crippen molar-refractivity contribution in [3.05, 3.63) is 42.5 Å². The minimum absolute atomic E-state index is 0.0447. The fourth-order valence-electron chi connectivity index (χ4n) is 3.81.